The van der Waals surface area contributed by atoms with E-state index in [1.165, 1.54) is 16.7 Å². The summed E-state index contributed by atoms with van der Waals surface area (Å²) in [4.78, 5) is 23.9. The summed E-state index contributed by atoms with van der Waals surface area (Å²) in [5, 5.41) is 11.7. The maximum Gasteiger partial charge on any atom is 0.327 e. The van der Waals surface area contributed by atoms with Crippen LogP contribution in [0.15, 0.2) is 0 Å². The summed E-state index contributed by atoms with van der Waals surface area (Å²) in [6.45, 7) is 2.07. The zero-order valence-corrected chi connectivity index (χ0v) is 9.29. The molecule has 0 aromatic heterocycles. The third kappa shape index (κ3) is 2.19. The first kappa shape index (κ1) is 10.6. The van der Waals surface area contributed by atoms with Crippen LogP contribution in [0.25, 0.3) is 0 Å². The minimum absolute atomic E-state index is 0.234. The Kier molecular flexibility index (Phi) is 2.77. The molecule has 2 unspecified atom stereocenters. The average molecular weight is 230 g/mol. The molecule has 2 aliphatic rings. The first-order valence-corrected chi connectivity index (χ1v) is 6.12. The number of thioether (sulfide) groups is 1. The number of carboxylic acid groups (broad SMARTS) is 1. The second-order valence-corrected chi connectivity index (χ2v) is 5.09. The van der Waals surface area contributed by atoms with Crippen molar-refractivity contribution in [2.45, 2.75) is 25.4 Å². The number of hydrogen-bond donors (Lipinski definition) is 2. The van der Waals surface area contributed by atoms with E-state index in [-0.39, 0.29) is 12.1 Å². The van der Waals surface area contributed by atoms with Gasteiger partial charge in [-0.05, 0) is 12.3 Å². The summed E-state index contributed by atoms with van der Waals surface area (Å²) in [5.41, 5.74) is 0. The predicted octanol–water partition coefficient (Wildman–Crippen LogP) is 0.564. The smallest absolute Gasteiger partial charge is 0.327 e. The number of rotatable bonds is 2. The summed E-state index contributed by atoms with van der Waals surface area (Å²) in [5.74, 6) is 0.582. The third-order valence-corrected chi connectivity index (χ3v) is 3.86. The molecule has 15 heavy (non-hydrogen) atoms. The average Bonchev–Trinajstić information content (AvgIpc) is 2.71. The van der Waals surface area contributed by atoms with Gasteiger partial charge >= 0.3 is 12.0 Å². The Labute approximate surface area is 92.2 Å². The molecule has 2 N–H and O–H groups in total. The molecule has 0 spiro atoms. The normalized spacial score (nSPS) is 33.9. The number of nitrogens with zero attached hydrogens (tertiary/aromatic N) is 1. The van der Waals surface area contributed by atoms with Crippen LogP contribution in [0.3, 0.4) is 0 Å². The van der Waals surface area contributed by atoms with Crippen LogP contribution in [0.2, 0.25) is 0 Å². The van der Waals surface area contributed by atoms with Gasteiger partial charge < -0.3 is 15.3 Å². The largest absolute Gasteiger partial charge is 0.480 e. The summed E-state index contributed by atoms with van der Waals surface area (Å²) < 4.78 is 0. The number of urea groups is 1. The fourth-order valence-electron chi connectivity index (χ4n) is 1.61. The van der Waals surface area contributed by atoms with Gasteiger partial charge in [0.15, 0.2) is 0 Å². The second kappa shape index (κ2) is 3.92. The van der Waals surface area contributed by atoms with Gasteiger partial charge in [-0.1, -0.05) is 6.92 Å². The van der Waals surface area contributed by atoms with Crippen molar-refractivity contribution >= 4 is 23.8 Å². The van der Waals surface area contributed by atoms with Gasteiger partial charge in [-0.2, -0.15) is 0 Å². The Balaban J connectivity index is 1.91. The van der Waals surface area contributed by atoms with Gasteiger partial charge in [-0.15, -0.1) is 11.8 Å². The van der Waals surface area contributed by atoms with Crippen molar-refractivity contribution in [3.63, 3.8) is 0 Å². The number of carbonyl (C=O) groups is 2. The van der Waals surface area contributed by atoms with Crippen LogP contribution in [0, 0.1) is 5.92 Å². The van der Waals surface area contributed by atoms with Crippen LogP contribution >= 0.6 is 11.8 Å². The summed E-state index contributed by atoms with van der Waals surface area (Å²) >= 11 is 1.48. The number of carbonyl (C=O) groups excluding carboxylic acids is 1. The van der Waals surface area contributed by atoms with Crippen LogP contribution in [0.4, 0.5) is 4.79 Å². The van der Waals surface area contributed by atoms with Gasteiger partial charge in [0, 0.05) is 11.8 Å². The van der Waals surface area contributed by atoms with Crippen molar-refractivity contribution < 1.29 is 14.7 Å². The quantitative estimate of drug-likeness (QED) is 0.727. The van der Waals surface area contributed by atoms with Gasteiger partial charge in [-0.3, -0.25) is 0 Å². The van der Waals surface area contributed by atoms with Crippen LogP contribution in [0.5, 0.6) is 0 Å². The number of amides is 2. The molecule has 2 amide bonds. The van der Waals surface area contributed by atoms with Crippen molar-refractivity contribution in [2.75, 3.05) is 11.6 Å². The van der Waals surface area contributed by atoms with E-state index in [9.17, 15) is 9.59 Å². The Morgan fingerprint density at radius 3 is 2.73 bits per heavy atom. The fraction of sp³-hybridized carbons (Fsp3) is 0.778. The molecule has 0 aromatic rings. The molecule has 0 radical (unpaired) electrons. The number of hydrogen-bond acceptors (Lipinski definition) is 3. The van der Waals surface area contributed by atoms with Crippen molar-refractivity contribution in [3.05, 3.63) is 0 Å². The predicted molar refractivity (Wildman–Crippen MR) is 56.7 cm³/mol. The highest BCUT2D eigenvalue weighted by molar-refractivity contribution is 7.99. The number of carboxylic acids is 1. The molecule has 1 aliphatic carbocycles. The highest BCUT2D eigenvalue weighted by Gasteiger charge is 2.39. The zero-order chi connectivity index (χ0) is 11.0. The maximum atomic E-state index is 11.7. The van der Waals surface area contributed by atoms with Crippen LogP contribution in [-0.2, 0) is 4.79 Å². The summed E-state index contributed by atoms with van der Waals surface area (Å²) in [6, 6.07) is -0.650. The molecule has 1 heterocycles. The van der Waals surface area contributed by atoms with Crippen molar-refractivity contribution in [1.29, 1.82) is 0 Å². The van der Waals surface area contributed by atoms with Gasteiger partial charge in [0.1, 0.15) is 6.04 Å². The first-order valence-electron chi connectivity index (χ1n) is 4.97. The molecular weight excluding hydrogens is 216 g/mol. The lowest BCUT2D eigenvalue weighted by Crippen LogP contribution is -2.47. The minimum Gasteiger partial charge on any atom is -0.480 e. The minimum atomic E-state index is -0.918. The van der Waals surface area contributed by atoms with Gasteiger partial charge in [-0.25, -0.2) is 9.59 Å². The lowest BCUT2D eigenvalue weighted by Gasteiger charge is -2.20. The van der Waals surface area contributed by atoms with E-state index in [0.717, 1.165) is 6.42 Å². The van der Waals surface area contributed by atoms with Crippen molar-refractivity contribution in [1.82, 2.24) is 10.2 Å². The van der Waals surface area contributed by atoms with E-state index < -0.39 is 12.0 Å². The molecule has 6 heteroatoms. The van der Waals surface area contributed by atoms with E-state index >= 15 is 0 Å². The van der Waals surface area contributed by atoms with E-state index in [4.69, 9.17) is 5.11 Å². The Morgan fingerprint density at radius 2 is 2.20 bits per heavy atom. The van der Waals surface area contributed by atoms with Crippen molar-refractivity contribution in [2.24, 2.45) is 5.92 Å². The Morgan fingerprint density at radius 1 is 1.53 bits per heavy atom. The Bertz CT molecular complexity index is 297. The van der Waals surface area contributed by atoms with Crippen LogP contribution in [0.1, 0.15) is 13.3 Å². The SMILES string of the molecule is CC1CC1NC(=O)N1CSC[C@H]1C(=O)O. The van der Waals surface area contributed by atoms with E-state index in [1.807, 2.05) is 0 Å². The third-order valence-electron chi connectivity index (χ3n) is 2.85. The molecule has 1 aliphatic heterocycles. The molecule has 3 atom stereocenters. The Hall–Kier alpha value is -0.910. The monoisotopic (exact) mass is 230 g/mol. The fourth-order valence-corrected chi connectivity index (χ4v) is 2.76. The highest BCUT2D eigenvalue weighted by Crippen LogP contribution is 2.30. The molecule has 0 aromatic carbocycles. The summed E-state index contributed by atoms with van der Waals surface area (Å²) in [7, 11) is 0. The zero-order valence-electron chi connectivity index (χ0n) is 8.47. The molecule has 5 nitrogen and oxygen atoms in total. The number of nitrogens with one attached hydrogen (secondary N) is 1. The maximum absolute atomic E-state index is 11.7. The van der Waals surface area contributed by atoms with E-state index in [1.54, 1.807) is 0 Å². The molecule has 2 rings (SSSR count). The molecule has 2 fully saturated rings. The van der Waals surface area contributed by atoms with E-state index in [2.05, 4.69) is 12.2 Å². The standard InChI is InChI=1S/C9H14N2O3S/c1-5-2-6(5)10-9(14)11-4-15-3-7(11)8(12)13/h5-7H,2-4H2,1H3,(H,10,14)(H,12,13)/t5?,6?,7-/m0/s1. The topological polar surface area (TPSA) is 69.6 Å². The van der Waals surface area contributed by atoms with Crippen molar-refractivity contribution in [3.8, 4) is 0 Å². The molecule has 0 bridgehead atoms. The first-order chi connectivity index (χ1) is 7.09. The lowest BCUT2D eigenvalue weighted by atomic mass is 10.3. The lowest BCUT2D eigenvalue weighted by molar-refractivity contribution is -0.140. The van der Waals surface area contributed by atoms with Crippen LogP contribution in [-0.4, -0.2) is 45.7 Å². The van der Waals surface area contributed by atoms with Gasteiger partial charge in [0.25, 0.3) is 0 Å². The number of aliphatic carboxylic acids is 1. The van der Waals surface area contributed by atoms with E-state index in [0.29, 0.717) is 17.5 Å². The molecule has 1 saturated carbocycles. The molecular formula is C9H14N2O3S. The second-order valence-electron chi connectivity index (χ2n) is 4.09. The molecule has 84 valence electrons. The van der Waals surface area contributed by atoms with Crippen LogP contribution < -0.4 is 5.32 Å². The molecule has 1 saturated heterocycles. The van der Waals surface area contributed by atoms with Gasteiger partial charge in [0.2, 0.25) is 0 Å². The highest BCUT2D eigenvalue weighted by atomic mass is 32.2. The summed E-state index contributed by atoms with van der Waals surface area (Å²) in [6.07, 6.45) is 1.00. The van der Waals surface area contributed by atoms with Gasteiger partial charge in [0.05, 0.1) is 5.88 Å².